The van der Waals surface area contributed by atoms with Crippen molar-refractivity contribution < 1.29 is 18.0 Å². The van der Waals surface area contributed by atoms with E-state index in [0.717, 1.165) is 28.9 Å². The molecule has 0 saturated carbocycles. The van der Waals surface area contributed by atoms with Crippen LogP contribution in [0.25, 0.3) is 0 Å². The normalized spacial score (nSPS) is 11.2. The summed E-state index contributed by atoms with van der Waals surface area (Å²) in [6.07, 6.45) is -4.16. The number of anilines is 2. The van der Waals surface area contributed by atoms with Crippen molar-refractivity contribution in [2.75, 3.05) is 17.2 Å². The Kier molecular flexibility index (Phi) is 5.49. The first-order chi connectivity index (χ1) is 11.2. The van der Waals surface area contributed by atoms with Gasteiger partial charge in [-0.2, -0.15) is 13.2 Å². The Labute approximate surface area is 138 Å². The first-order valence-corrected chi connectivity index (χ1v) is 7.53. The van der Waals surface area contributed by atoms with Crippen molar-refractivity contribution >= 4 is 17.3 Å². The van der Waals surface area contributed by atoms with Crippen molar-refractivity contribution in [3.63, 3.8) is 0 Å². The summed E-state index contributed by atoms with van der Waals surface area (Å²) >= 11 is 0. The molecule has 128 valence electrons. The van der Waals surface area contributed by atoms with Crippen LogP contribution in [0.1, 0.15) is 23.1 Å². The largest absolute Gasteiger partial charge is 0.416 e. The monoisotopic (exact) mass is 336 g/mol. The van der Waals surface area contributed by atoms with Crippen LogP contribution >= 0.6 is 0 Å². The number of benzene rings is 2. The topological polar surface area (TPSA) is 41.1 Å². The molecule has 6 heteroatoms. The standard InChI is InChI=1S/C18H19F3N2O/c1-12-9-13(2)11-16(10-12)22-8-7-17(24)23-15-5-3-14(4-6-15)18(19,20)21/h3-6,9-11,22H,7-8H2,1-2H3,(H,23,24). The smallest absolute Gasteiger partial charge is 0.385 e. The summed E-state index contributed by atoms with van der Waals surface area (Å²) in [6.45, 7) is 4.43. The Morgan fingerprint density at radius 2 is 1.54 bits per heavy atom. The molecule has 0 aliphatic heterocycles. The van der Waals surface area contributed by atoms with Gasteiger partial charge < -0.3 is 10.6 Å². The molecule has 1 amide bonds. The molecule has 0 saturated heterocycles. The van der Waals surface area contributed by atoms with Crippen LogP contribution in [0, 0.1) is 13.8 Å². The second-order valence-electron chi connectivity index (χ2n) is 5.68. The van der Waals surface area contributed by atoms with Crippen LogP contribution in [0.2, 0.25) is 0 Å². The van der Waals surface area contributed by atoms with E-state index in [1.165, 1.54) is 12.1 Å². The quantitative estimate of drug-likeness (QED) is 0.826. The Hall–Kier alpha value is -2.50. The number of rotatable bonds is 5. The molecule has 2 aromatic rings. The van der Waals surface area contributed by atoms with Crippen molar-refractivity contribution in [2.45, 2.75) is 26.4 Å². The van der Waals surface area contributed by atoms with Crippen LogP contribution in [0.3, 0.4) is 0 Å². The van der Waals surface area contributed by atoms with Gasteiger partial charge >= 0.3 is 6.18 Å². The number of hydrogen-bond donors (Lipinski definition) is 2. The number of nitrogens with one attached hydrogen (secondary N) is 2. The first-order valence-electron chi connectivity index (χ1n) is 7.53. The highest BCUT2D eigenvalue weighted by molar-refractivity contribution is 5.91. The molecule has 0 radical (unpaired) electrons. The lowest BCUT2D eigenvalue weighted by molar-refractivity contribution is -0.137. The Morgan fingerprint density at radius 1 is 0.958 bits per heavy atom. The van der Waals surface area contributed by atoms with Crippen LogP contribution < -0.4 is 10.6 Å². The highest BCUT2D eigenvalue weighted by Gasteiger charge is 2.29. The second kappa shape index (κ2) is 7.38. The Bertz CT molecular complexity index is 689. The zero-order chi connectivity index (χ0) is 17.7. The van der Waals surface area contributed by atoms with Crippen LogP contribution in [-0.4, -0.2) is 12.5 Å². The predicted molar refractivity (Wildman–Crippen MR) is 89.1 cm³/mol. The van der Waals surface area contributed by atoms with Crippen molar-refractivity contribution in [1.29, 1.82) is 0 Å². The van der Waals surface area contributed by atoms with Gasteiger partial charge in [-0.1, -0.05) is 6.07 Å². The summed E-state index contributed by atoms with van der Waals surface area (Å²) in [5.74, 6) is -0.258. The fraction of sp³-hybridized carbons (Fsp3) is 0.278. The van der Waals surface area contributed by atoms with Crippen LogP contribution in [-0.2, 0) is 11.0 Å². The van der Waals surface area contributed by atoms with Crippen LogP contribution in [0.5, 0.6) is 0 Å². The van der Waals surface area contributed by atoms with Crippen molar-refractivity contribution in [2.24, 2.45) is 0 Å². The van der Waals surface area contributed by atoms with E-state index in [1.54, 1.807) is 0 Å². The first kappa shape index (κ1) is 17.8. The molecule has 0 fully saturated rings. The summed E-state index contributed by atoms with van der Waals surface area (Å²) in [6, 6.07) is 10.4. The van der Waals surface area contributed by atoms with Crippen molar-refractivity contribution in [1.82, 2.24) is 0 Å². The minimum absolute atomic E-state index is 0.216. The Balaban J connectivity index is 1.83. The molecule has 0 aromatic heterocycles. The average molecular weight is 336 g/mol. The highest BCUT2D eigenvalue weighted by Crippen LogP contribution is 2.29. The molecule has 0 aliphatic rings. The number of aryl methyl sites for hydroxylation is 2. The minimum atomic E-state index is -4.38. The summed E-state index contributed by atoms with van der Waals surface area (Å²) in [7, 11) is 0. The molecule has 2 N–H and O–H groups in total. The van der Waals surface area contributed by atoms with E-state index >= 15 is 0 Å². The maximum absolute atomic E-state index is 12.5. The van der Waals surface area contributed by atoms with Gasteiger partial charge in [0.25, 0.3) is 0 Å². The molecule has 2 rings (SSSR count). The maximum Gasteiger partial charge on any atom is 0.416 e. The lowest BCUT2D eigenvalue weighted by Gasteiger charge is -2.10. The molecular weight excluding hydrogens is 317 g/mol. The van der Waals surface area contributed by atoms with Gasteiger partial charge in [-0.05, 0) is 61.4 Å². The van der Waals surface area contributed by atoms with Gasteiger partial charge in [0.15, 0.2) is 0 Å². The molecule has 24 heavy (non-hydrogen) atoms. The fourth-order valence-corrected chi connectivity index (χ4v) is 2.36. The third kappa shape index (κ3) is 5.30. The Morgan fingerprint density at radius 3 is 2.08 bits per heavy atom. The average Bonchev–Trinajstić information content (AvgIpc) is 2.45. The number of alkyl halides is 3. The van der Waals surface area contributed by atoms with Crippen molar-refractivity contribution in [3.05, 3.63) is 59.2 Å². The molecule has 0 atom stereocenters. The molecule has 0 spiro atoms. The summed E-state index contributed by atoms with van der Waals surface area (Å²) in [4.78, 5) is 11.8. The van der Waals surface area contributed by atoms with E-state index in [4.69, 9.17) is 0 Å². The third-order valence-electron chi connectivity index (χ3n) is 3.40. The van der Waals surface area contributed by atoms with Gasteiger partial charge in [0.1, 0.15) is 0 Å². The van der Waals surface area contributed by atoms with E-state index < -0.39 is 11.7 Å². The van der Waals surface area contributed by atoms with E-state index in [-0.39, 0.29) is 12.3 Å². The molecular formula is C18H19F3N2O. The second-order valence-corrected chi connectivity index (χ2v) is 5.68. The van der Waals surface area contributed by atoms with Gasteiger partial charge in [0, 0.05) is 24.3 Å². The minimum Gasteiger partial charge on any atom is -0.385 e. The van der Waals surface area contributed by atoms with Gasteiger partial charge in [-0.15, -0.1) is 0 Å². The summed E-state index contributed by atoms with van der Waals surface area (Å²) in [5.41, 5.74) is 2.81. The van der Waals surface area contributed by atoms with Crippen LogP contribution in [0.15, 0.2) is 42.5 Å². The van der Waals surface area contributed by atoms with Crippen LogP contribution in [0.4, 0.5) is 24.5 Å². The third-order valence-corrected chi connectivity index (χ3v) is 3.40. The van der Waals surface area contributed by atoms with E-state index in [0.29, 0.717) is 12.2 Å². The van der Waals surface area contributed by atoms with Gasteiger partial charge in [0.2, 0.25) is 5.91 Å². The fourth-order valence-electron chi connectivity index (χ4n) is 2.36. The van der Waals surface area contributed by atoms with E-state index in [9.17, 15) is 18.0 Å². The number of amides is 1. The van der Waals surface area contributed by atoms with Gasteiger partial charge in [0.05, 0.1) is 5.56 Å². The lowest BCUT2D eigenvalue weighted by Crippen LogP contribution is -2.16. The lowest BCUT2D eigenvalue weighted by atomic mass is 10.1. The highest BCUT2D eigenvalue weighted by atomic mass is 19.4. The number of hydrogen-bond acceptors (Lipinski definition) is 2. The molecule has 3 nitrogen and oxygen atoms in total. The molecule has 0 heterocycles. The molecule has 0 aliphatic carbocycles. The van der Waals surface area contributed by atoms with Gasteiger partial charge in [-0.3, -0.25) is 4.79 Å². The van der Waals surface area contributed by atoms with Crippen molar-refractivity contribution in [3.8, 4) is 0 Å². The molecule has 0 unspecified atom stereocenters. The number of carbonyl (C=O) groups is 1. The van der Waals surface area contributed by atoms with E-state index in [2.05, 4.69) is 16.7 Å². The van der Waals surface area contributed by atoms with Gasteiger partial charge in [-0.25, -0.2) is 0 Å². The summed E-state index contributed by atoms with van der Waals surface area (Å²) in [5, 5.41) is 5.75. The number of halogens is 3. The maximum atomic E-state index is 12.5. The zero-order valence-corrected chi connectivity index (χ0v) is 13.5. The number of carbonyl (C=O) groups excluding carboxylic acids is 1. The molecule has 2 aromatic carbocycles. The van der Waals surface area contributed by atoms with E-state index in [1.807, 2.05) is 26.0 Å². The zero-order valence-electron chi connectivity index (χ0n) is 13.5. The molecule has 0 bridgehead atoms. The predicted octanol–water partition coefficient (Wildman–Crippen LogP) is 4.76. The summed E-state index contributed by atoms with van der Waals surface area (Å²) < 4.78 is 37.4. The SMILES string of the molecule is Cc1cc(C)cc(NCCC(=O)Nc2ccc(C(F)(F)F)cc2)c1.